The number of aryl methyl sites for hydroxylation is 2. The van der Waals surface area contributed by atoms with Gasteiger partial charge >= 0.3 is 0 Å². The molecule has 0 aromatic carbocycles. The molecule has 2 aliphatic heterocycles. The van der Waals surface area contributed by atoms with Crippen molar-refractivity contribution in [2.24, 2.45) is 0 Å². The van der Waals surface area contributed by atoms with Crippen LogP contribution in [-0.2, 0) is 16.6 Å². The third kappa shape index (κ3) is 3.02. The van der Waals surface area contributed by atoms with Crippen LogP contribution in [0.25, 0.3) is 0 Å². The summed E-state index contributed by atoms with van der Waals surface area (Å²) in [5.41, 5.74) is 2.50. The number of carbonyl (C=O) groups is 2. The molecule has 0 unspecified atom stereocenters. The maximum atomic E-state index is 12.9. The van der Waals surface area contributed by atoms with Crippen molar-refractivity contribution in [1.29, 1.82) is 0 Å². The van der Waals surface area contributed by atoms with Gasteiger partial charge in [0.25, 0.3) is 5.91 Å². The van der Waals surface area contributed by atoms with Gasteiger partial charge < -0.3 is 4.90 Å². The molecular formula is C20H24N6O2. The quantitative estimate of drug-likeness (QED) is 0.786. The van der Waals surface area contributed by atoms with E-state index in [9.17, 15) is 9.59 Å². The summed E-state index contributed by atoms with van der Waals surface area (Å²) in [7, 11) is 1.75. The molecule has 4 rings (SSSR count). The molecule has 0 N–H and O–H groups in total. The van der Waals surface area contributed by atoms with Gasteiger partial charge in [0.1, 0.15) is 17.3 Å². The number of hydrogen-bond donors (Lipinski definition) is 0. The summed E-state index contributed by atoms with van der Waals surface area (Å²) in [6.07, 6.45) is 5.23. The van der Waals surface area contributed by atoms with E-state index in [-0.39, 0.29) is 17.2 Å². The molecule has 0 bridgehead atoms. The van der Waals surface area contributed by atoms with Crippen LogP contribution in [0, 0.1) is 13.8 Å². The maximum absolute atomic E-state index is 12.9. The van der Waals surface area contributed by atoms with Gasteiger partial charge in [0.05, 0.1) is 18.3 Å². The first-order chi connectivity index (χ1) is 13.3. The van der Waals surface area contributed by atoms with Crippen molar-refractivity contribution in [3.8, 4) is 0 Å². The van der Waals surface area contributed by atoms with Gasteiger partial charge in [-0.1, -0.05) is 6.92 Å². The Morgan fingerprint density at radius 3 is 2.68 bits per heavy atom. The van der Waals surface area contributed by atoms with Crippen LogP contribution in [-0.4, -0.2) is 56.8 Å². The van der Waals surface area contributed by atoms with Gasteiger partial charge in [-0.05, 0) is 26.7 Å². The highest BCUT2D eigenvalue weighted by molar-refractivity contribution is 6.00. The van der Waals surface area contributed by atoms with E-state index in [1.807, 2.05) is 18.7 Å². The van der Waals surface area contributed by atoms with Crippen LogP contribution in [0.3, 0.4) is 0 Å². The zero-order valence-corrected chi connectivity index (χ0v) is 16.7. The first-order valence-corrected chi connectivity index (χ1v) is 9.51. The van der Waals surface area contributed by atoms with E-state index >= 15 is 0 Å². The predicted molar refractivity (Wildman–Crippen MR) is 103 cm³/mol. The van der Waals surface area contributed by atoms with Gasteiger partial charge in [0.15, 0.2) is 0 Å². The Hall–Kier alpha value is -2.90. The molecule has 8 heteroatoms. The third-order valence-electron chi connectivity index (χ3n) is 5.74. The summed E-state index contributed by atoms with van der Waals surface area (Å²) < 4.78 is 0. The minimum absolute atomic E-state index is 0.0353. The topological polar surface area (TPSA) is 92.2 Å². The number of amides is 2. The zero-order valence-electron chi connectivity index (χ0n) is 16.7. The summed E-state index contributed by atoms with van der Waals surface area (Å²) in [4.78, 5) is 46.3. The molecule has 2 aromatic heterocycles. The largest absolute Gasteiger partial charge is 0.336 e. The van der Waals surface area contributed by atoms with E-state index in [1.165, 1.54) is 6.20 Å². The number of nitrogens with zero attached hydrogens (tertiary/aromatic N) is 6. The van der Waals surface area contributed by atoms with Crippen molar-refractivity contribution in [2.75, 3.05) is 25.0 Å². The Bertz CT molecular complexity index is 958. The van der Waals surface area contributed by atoms with E-state index < -0.39 is 0 Å². The number of hydrogen-bond acceptors (Lipinski definition) is 6. The average molecular weight is 380 g/mol. The molecule has 8 nitrogen and oxygen atoms in total. The van der Waals surface area contributed by atoms with Crippen LogP contribution in [0.1, 0.15) is 53.0 Å². The lowest BCUT2D eigenvalue weighted by molar-refractivity contribution is -0.117. The molecule has 2 aliphatic rings. The van der Waals surface area contributed by atoms with Crippen LogP contribution in [0.15, 0.2) is 12.4 Å². The first kappa shape index (κ1) is 18.5. The monoisotopic (exact) mass is 380 g/mol. The van der Waals surface area contributed by atoms with Crippen molar-refractivity contribution in [1.82, 2.24) is 24.8 Å². The molecular weight excluding hydrogens is 356 g/mol. The Morgan fingerprint density at radius 1 is 1.18 bits per heavy atom. The molecule has 146 valence electrons. The average Bonchev–Trinajstić information content (AvgIpc) is 2.97. The predicted octanol–water partition coefficient (Wildman–Crippen LogP) is 1.60. The van der Waals surface area contributed by atoms with Crippen molar-refractivity contribution in [3.63, 3.8) is 0 Å². The number of fused-ring (bicyclic) bond motifs is 1. The number of carbonyl (C=O) groups excluding carboxylic acids is 2. The van der Waals surface area contributed by atoms with E-state index in [1.54, 1.807) is 18.1 Å². The van der Waals surface area contributed by atoms with Gasteiger partial charge in [-0.3, -0.25) is 19.5 Å². The normalized spacial score (nSPS) is 21.8. The van der Waals surface area contributed by atoms with Gasteiger partial charge in [0, 0.05) is 43.0 Å². The highest BCUT2D eigenvalue weighted by Gasteiger charge is 2.39. The minimum Gasteiger partial charge on any atom is -0.336 e. The smallest absolute Gasteiger partial charge is 0.274 e. The molecule has 0 radical (unpaired) electrons. The first-order valence-electron chi connectivity index (χ1n) is 9.51. The van der Waals surface area contributed by atoms with E-state index in [4.69, 9.17) is 9.97 Å². The van der Waals surface area contributed by atoms with Crippen LogP contribution in [0.2, 0.25) is 0 Å². The number of likely N-dealkylation sites (N-methyl/N-ethyl adjacent to an activating group) is 1. The molecule has 2 amide bonds. The van der Waals surface area contributed by atoms with E-state index in [0.29, 0.717) is 36.8 Å². The summed E-state index contributed by atoms with van der Waals surface area (Å²) in [6.45, 7) is 7.04. The van der Waals surface area contributed by atoms with Crippen LogP contribution >= 0.6 is 0 Å². The molecule has 28 heavy (non-hydrogen) atoms. The Kier molecular flexibility index (Phi) is 4.36. The van der Waals surface area contributed by atoms with Crippen molar-refractivity contribution in [3.05, 3.63) is 40.9 Å². The third-order valence-corrected chi connectivity index (χ3v) is 5.74. The van der Waals surface area contributed by atoms with Gasteiger partial charge in [-0.15, -0.1) is 0 Å². The molecule has 1 fully saturated rings. The lowest BCUT2D eigenvalue weighted by Gasteiger charge is -2.39. The Morgan fingerprint density at radius 2 is 1.96 bits per heavy atom. The fraction of sp³-hybridized carbons (Fsp3) is 0.500. The lowest BCUT2D eigenvalue weighted by Crippen LogP contribution is -2.48. The molecule has 1 atom stereocenters. The number of anilines is 1. The molecule has 0 aliphatic carbocycles. The maximum Gasteiger partial charge on any atom is 0.274 e. The van der Waals surface area contributed by atoms with Gasteiger partial charge in [0.2, 0.25) is 5.91 Å². The van der Waals surface area contributed by atoms with Crippen molar-refractivity contribution >= 4 is 17.6 Å². The fourth-order valence-corrected chi connectivity index (χ4v) is 3.98. The molecule has 1 saturated heterocycles. The SMILES string of the molecule is Cc1cnc(C(=O)N2CCC[C@@](C)(c3nc(C)c4c(n3)N(C)C(=O)C4)C2)cn1. The number of rotatable bonds is 2. The van der Waals surface area contributed by atoms with E-state index in [2.05, 4.69) is 16.9 Å². The van der Waals surface area contributed by atoms with Crippen molar-refractivity contribution in [2.45, 2.75) is 45.4 Å². The Balaban J connectivity index is 1.63. The van der Waals surface area contributed by atoms with Crippen molar-refractivity contribution < 1.29 is 9.59 Å². The van der Waals surface area contributed by atoms with Crippen LogP contribution in [0.5, 0.6) is 0 Å². The van der Waals surface area contributed by atoms with Crippen LogP contribution in [0.4, 0.5) is 5.82 Å². The second-order valence-electron chi connectivity index (χ2n) is 8.00. The van der Waals surface area contributed by atoms with Crippen LogP contribution < -0.4 is 4.90 Å². The zero-order chi connectivity index (χ0) is 20.1. The Labute approximate surface area is 164 Å². The minimum atomic E-state index is -0.377. The number of aromatic nitrogens is 4. The van der Waals surface area contributed by atoms with Gasteiger partial charge in [-0.25, -0.2) is 15.0 Å². The standard InChI is InChI=1S/C20H24N6O2/c1-12-9-22-15(10-21-12)18(28)26-7-5-6-20(3,11-26)19-23-13(2)14-8-16(27)25(4)17(14)24-19/h9-10H,5-8,11H2,1-4H3/t20-/m1/s1. The lowest BCUT2D eigenvalue weighted by atomic mass is 9.80. The van der Waals surface area contributed by atoms with Gasteiger partial charge in [-0.2, -0.15) is 0 Å². The number of piperidine rings is 1. The second kappa shape index (κ2) is 6.61. The fourth-order valence-electron chi connectivity index (χ4n) is 3.98. The number of likely N-dealkylation sites (tertiary alicyclic amines) is 1. The second-order valence-corrected chi connectivity index (χ2v) is 8.00. The molecule has 0 saturated carbocycles. The highest BCUT2D eigenvalue weighted by atomic mass is 16.2. The summed E-state index contributed by atoms with van der Waals surface area (Å²) in [6, 6.07) is 0. The summed E-state index contributed by atoms with van der Waals surface area (Å²) in [5.74, 6) is 1.30. The van der Waals surface area contributed by atoms with E-state index in [0.717, 1.165) is 29.8 Å². The molecule has 2 aromatic rings. The molecule has 4 heterocycles. The summed E-state index contributed by atoms with van der Waals surface area (Å²) in [5, 5.41) is 0. The highest BCUT2D eigenvalue weighted by Crippen LogP contribution is 2.36. The summed E-state index contributed by atoms with van der Waals surface area (Å²) >= 11 is 0. The molecule has 0 spiro atoms.